The molecule has 1 aliphatic rings. The third-order valence-electron chi connectivity index (χ3n) is 5.85. The highest BCUT2D eigenvalue weighted by molar-refractivity contribution is 5.80. The smallest absolute Gasteiger partial charge is 0.203 e. The molecule has 0 amide bonds. The summed E-state index contributed by atoms with van der Waals surface area (Å²) in [7, 11) is 0. The molecule has 4 rings (SSSR count). The van der Waals surface area contributed by atoms with Gasteiger partial charge in [0.25, 0.3) is 0 Å². The van der Waals surface area contributed by atoms with Crippen LogP contribution in [-0.2, 0) is 22.4 Å². The van der Waals surface area contributed by atoms with E-state index >= 15 is 0 Å². The minimum Gasteiger partial charge on any atom is -0.379 e. The number of carbonyl (C=O) groups excluding carboxylic acids is 1. The van der Waals surface area contributed by atoms with Gasteiger partial charge in [0, 0.05) is 50.7 Å². The molecule has 178 valence electrons. The maximum absolute atomic E-state index is 13.6. The van der Waals surface area contributed by atoms with Gasteiger partial charge in [-0.05, 0) is 36.2 Å². The first-order valence-corrected chi connectivity index (χ1v) is 11.4. The van der Waals surface area contributed by atoms with E-state index in [-0.39, 0.29) is 23.3 Å². The van der Waals surface area contributed by atoms with Gasteiger partial charge in [0.2, 0.25) is 5.43 Å². The van der Waals surface area contributed by atoms with E-state index in [4.69, 9.17) is 4.74 Å². The third kappa shape index (κ3) is 6.42. The zero-order valence-electron chi connectivity index (χ0n) is 18.9. The Morgan fingerprint density at radius 1 is 1.00 bits per heavy atom. The van der Waals surface area contributed by atoms with Gasteiger partial charge in [-0.2, -0.15) is 5.10 Å². The molecule has 3 aromatic rings. The van der Waals surface area contributed by atoms with E-state index in [0.29, 0.717) is 18.5 Å². The second kappa shape index (κ2) is 11.3. The van der Waals surface area contributed by atoms with Crippen molar-refractivity contribution in [1.29, 1.82) is 0 Å². The van der Waals surface area contributed by atoms with E-state index in [1.54, 1.807) is 0 Å². The Kier molecular flexibility index (Phi) is 7.92. The van der Waals surface area contributed by atoms with Crippen molar-refractivity contribution >= 4 is 5.78 Å². The standard InChI is InChI=1S/C26H27F2N3O3/c27-23-7-6-21(18-24(23)28)31-10-8-26(33)25(29-31)17-20-4-1-3-19(15-20)16-22(32)5-2-9-30-11-13-34-14-12-30/h1,3-4,6-8,10,15,18H,2,5,9,11-14,16-17H2. The van der Waals surface area contributed by atoms with Crippen LogP contribution in [0.1, 0.15) is 29.7 Å². The highest BCUT2D eigenvalue weighted by Crippen LogP contribution is 2.14. The van der Waals surface area contributed by atoms with Gasteiger partial charge in [0.15, 0.2) is 11.6 Å². The SMILES string of the molecule is O=C(CCCN1CCOCC1)Cc1cccc(Cc2nn(-c3ccc(F)c(F)c3)ccc2=O)c1. The predicted molar refractivity (Wildman–Crippen MR) is 124 cm³/mol. The first-order chi connectivity index (χ1) is 16.5. The normalized spacial score (nSPS) is 14.3. The summed E-state index contributed by atoms with van der Waals surface area (Å²) in [5.74, 6) is -1.75. The fourth-order valence-corrected chi connectivity index (χ4v) is 4.02. The number of rotatable bonds is 9. The third-order valence-corrected chi connectivity index (χ3v) is 5.85. The van der Waals surface area contributed by atoms with E-state index in [1.807, 2.05) is 24.3 Å². The number of carbonyl (C=O) groups is 1. The van der Waals surface area contributed by atoms with Crippen molar-refractivity contribution in [3.8, 4) is 5.69 Å². The van der Waals surface area contributed by atoms with E-state index in [1.165, 1.54) is 23.0 Å². The monoisotopic (exact) mass is 467 g/mol. The van der Waals surface area contributed by atoms with Crippen molar-refractivity contribution in [2.75, 3.05) is 32.8 Å². The van der Waals surface area contributed by atoms with Crippen LogP contribution in [0.15, 0.2) is 59.5 Å². The van der Waals surface area contributed by atoms with Crippen LogP contribution in [0.5, 0.6) is 0 Å². The van der Waals surface area contributed by atoms with Crippen LogP contribution in [0.2, 0.25) is 0 Å². The van der Waals surface area contributed by atoms with Crippen LogP contribution < -0.4 is 5.43 Å². The van der Waals surface area contributed by atoms with Gasteiger partial charge in [0.05, 0.1) is 18.9 Å². The summed E-state index contributed by atoms with van der Waals surface area (Å²) in [6, 6.07) is 12.4. The molecule has 0 N–H and O–H groups in total. The molecular weight excluding hydrogens is 440 g/mol. The van der Waals surface area contributed by atoms with E-state index < -0.39 is 11.6 Å². The Morgan fingerprint density at radius 3 is 2.59 bits per heavy atom. The number of aromatic nitrogens is 2. The van der Waals surface area contributed by atoms with Crippen LogP contribution in [0.25, 0.3) is 5.69 Å². The Balaban J connectivity index is 1.38. The summed E-state index contributed by atoms with van der Waals surface area (Å²) in [5, 5.41) is 4.32. The molecule has 2 aromatic carbocycles. The van der Waals surface area contributed by atoms with Crippen molar-refractivity contribution < 1.29 is 18.3 Å². The molecule has 0 spiro atoms. The fraction of sp³-hybridized carbons (Fsp3) is 0.346. The minimum atomic E-state index is -0.984. The molecule has 1 saturated heterocycles. The molecule has 0 saturated carbocycles. The second-order valence-electron chi connectivity index (χ2n) is 8.44. The second-order valence-corrected chi connectivity index (χ2v) is 8.44. The highest BCUT2D eigenvalue weighted by Gasteiger charge is 2.12. The quantitative estimate of drug-likeness (QED) is 0.483. The lowest BCUT2D eigenvalue weighted by Gasteiger charge is -2.26. The number of ketones is 1. The largest absolute Gasteiger partial charge is 0.379 e. The minimum absolute atomic E-state index is 0.184. The molecule has 0 radical (unpaired) electrons. The Morgan fingerprint density at radius 2 is 1.79 bits per heavy atom. The molecule has 0 bridgehead atoms. The number of morpholine rings is 1. The molecule has 1 aliphatic heterocycles. The lowest BCUT2D eigenvalue weighted by molar-refractivity contribution is -0.118. The molecule has 0 atom stereocenters. The fourth-order valence-electron chi connectivity index (χ4n) is 4.02. The van der Waals surface area contributed by atoms with Crippen LogP contribution in [-0.4, -0.2) is 53.3 Å². The summed E-state index contributed by atoms with van der Waals surface area (Å²) in [6.45, 7) is 4.24. The van der Waals surface area contributed by atoms with Gasteiger partial charge in [-0.3, -0.25) is 14.5 Å². The van der Waals surface area contributed by atoms with Crippen LogP contribution >= 0.6 is 0 Å². The van der Waals surface area contributed by atoms with Gasteiger partial charge >= 0.3 is 0 Å². The maximum Gasteiger partial charge on any atom is 0.203 e. The van der Waals surface area contributed by atoms with E-state index in [2.05, 4.69) is 10.00 Å². The topological polar surface area (TPSA) is 64.4 Å². The summed E-state index contributed by atoms with van der Waals surface area (Å²) >= 11 is 0. The summed E-state index contributed by atoms with van der Waals surface area (Å²) < 4.78 is 33.5. The number of halogens is 2. The lowest BCUT2D eigenvalue weighted by atomic mass is 10.0. The summed E-state index contributed by atoms with van der Waals surface area (Å²) in [5.41, 5.74) is 2.10. The molecule has 2 heterocycles. The van der Waals surface area contributed by atoms with Gasteiger partial charge < -0.3 is 4.74 Å². The first kappa shape index (κ1) is 23.9. The molecule has 8 heteroatoms. The lowest BCUT2D eigenvalue weighted by Crippen LogP contribution is -2.37. The molecule has 0 aliphatic carbocycles. The number of Topliss-reactive ketones (excluding diaryl/α,β-unsaturated/α-hetero) is 1. The molecule has 0 unspecified atom stereocenters. The Labute approximate surface area is 196 Å². The molecule has 6 nitrogen and oxygen atoms in total. The van der Waals surface area contributed by atoms with Gasteiger partial charge in [-0.1, -0.05) is 24.3 Å². The maximum atomic E-state index is 13.6. The van der Waals surface area contributed by atoms with Gasteiger partial charge in [-0.15, -0.1) is 0 Å². The number of benzene rings is 2. The summed E-state index contributed by atoms with van der Waals surface area (Å²) in [6.07, 6.45) is 3.39. The zero-order valence-corrected chi connectivity index (χ0v) is 18.9. The Hall–Kier alpha value is -3.23. The predicted octanol–water partition coefficient (Wildman–Crippen LogP) is 3.33. The van der Waals surface area contributed by atoms with E-state index in [0.717, 1.165) is 62.5 Å². The van der Waals surface area contributed by atoms with Crippen molar-refractivity contribution in [2.45, 2.75) is 25.7 Å². The molecule has 34 heavy (non-hydrogen) atoms. The van der Waals surface area contributed by atoms with Crippen LogP contribution in [0.3, 0.4) is 0 Å². The average Bonchev–Trinajstić information content (AvgIpc) is 2.83. The number of ether oxygens (including phenoxy) is 1. The highest BCUT2D eigenvalue weighted by atomic mass is 19.2. The zero-order chi connectivity index (χ0) is 23.9. The first-order valence-electron chi connectivity index (χ1n) is 11.4. The van der Waals surface area contributed by atoms with Crippen molar-refractivity contribution in [3.05, 3.63) is 93.4 Å². The summed E-state index contributed by atoms with van der Waals surface area (Å²) in [4.78, 5) is 27.1. The molecule has 1 fully saturated rings. The Bertz CT molecular complexity index is 1210. The van der Waals surface area contributed by atoms with Crippen molar-refractivity contribution in [3.63, 3.8) is 0 Å². The van der Waals surface area contributed by atoms with Gasteiger partial charge in [0.1, 0.15) is 11.5 Å². The van der Waals surface area contributed by atoms with Gasteiger partial charge in [-0.25, -0.2) is 13.5 Å². The molecular formula is C26H27F2N3O3. The van der Waals surface area contributed by atoms with Crippen LogP contribution in [0.4, 0.5) is 8.78 Å². The van der Waals surface area contributed by atoms with E-state index in [9.17, 15) is 18.4 Å². The molecule has 1 aromatic heterocycles. The average molecular weight is 468 g/mol. The van der Waals surface area contributed by atoms with Crippen molar-refractivity contribution in [2.24, 2.45) is 0 Å². The number of nitrogens with zero attached hydrogens (tertiary/aromatic N) is 3. The number of hydrogen-bond acceptors (Lipinski definition) is 5. The van der Waals surface area contributed by atoms with Crippen molar-refractivity contribution in [1.82, 2.24) is 14.7 Å². The number of hydrogen-bond donors (Lipinski definition) is 0. The van der Waals surface area contributed by atoms with Crippen LogP contribution in [0, 0.1) is 11.6 Å².